The lowest BCUT2D eigenvalue weighted by Gasteiger charge is -2.36. The smallest absolute Gasteiger partial charge is 0.249 e. The number of carbonyl (C=O) groups is 3. The van der Waals surface area contributed by atoms with Crippen molar-refractivity contribution in [3.05, 3.63) is 73.7 Å². The monoisotopic (exact) mass is 597 g/mol. The first-order valence-electron chi connectivity index (χ1n) is 13.8. The number of aryl methyl sites for hydroxylation is 4. The van der Waals surface area contributed by atoms with Gasteiger partial charge in [-0.15, -0.1) is 11.3 Å². The van der Waals surface area contributed by atoms with E-state index in [1.165, 1.54) is 18.4 Å². The van der Waals surface area contributed by atoms with Gasteiger partial charge in [0.15, 0.2) is 5.78 Å². The molecule has 2 fully saturated rings. The van der Waals surface area contributed by atoms with E-state index in [4.69, 9.17) is 16.3 Å². The summed E-state index contributed by atoms with van der Waals surface area (Å²) >= 11 is 8.40. The summed E-state index contributed by atoms with van der Waals surface area (Å²) in [5.74, 6) is -2.05. The van der Waals surface area contributed by atoms with Gasteiger partial charge in [0.05, 0.1) is 17.7 Å². The number of thiophene rings is 1. The van der Waals surface area contributed by atoms with Gasteiger partial charge in [-0.05, 0) is 43.3 Å². The van der Waals surface area contributed by atoms with Gasteiger partial charge in [0, 0.05) is 62.3 Å². The summed E-state index contributed by atoms with van der Waals surface area (Å²) in [5.41, 5.74) is 3.57. The molecule has 0 bridgehead atoms. The first-order chi connectivity index (χ1) is 19.7. The number of hydrogen-bond acceptors (Lipinski definition) is 7. The van der Waals surface area contributed by atoms with E-state index < -0.39 is 23.9 Å². The van der Waals surface area contributed by atoms with E-state index in [9.17, 15) is 14.4 Å². The number of nitrogens with zero attached hydrogens (tertiary/aromatic N) is 4. The lowest BCUT2D eigenvalue weighted by atomic mass is 9.77. The quantitative estimate of drug-likeness (QED) is 0.418. The maximum atomic E-state index is 14.8. The van der Waals surface area contributed by atoms with Gasteiger partial charge < -0.3 is 19.9 Å². The molecule has 0 spiro atoms. The zero-order valence-electron chi connectivity index (χ0n) is 24.0. The second-order valence-electron chi connectivity index (χ2n) is 10.8. The molecule has 2 aliphatic rings. The first kappa shape index (κ1) is 29.4. The van der Waals surface area contributed by atoms with Crippen LogP contribution < -0.4 is 5.32 Å². The van der Waals surface area contributed by atoms with Crippen molar-refractivity contribution in [3.8, 4) is 0 Å². The van der Waals surface area contributed by atoms with Crippen LogP contribution in [0.5, 0.6) is 0 Å². The second kappa shape index (κ2) is 12.1. The molecular formula is C30H36ClN5O4S. The predicted octanol–water partition coefficient (Wildman–Crippen LogP) is 3.67. The molecule has 218 valence electrons. The standard InChI is InChI=1S/C30H36ClN5O4S/c1-17-8-6-7-9-20(17)27(38)23-24(28-18(2)10-15-41-28)26(30(39)35-13-11-32-12-14-35)36(21(37)16-40-5)25(23)22-19(3)33-34(4)29(22)31/h6-10,15,23-26,32H,11-14,16H2,1-5H3. The number of amides is 2. The molecule has 41 heavy (non-hydrogen) atoms. The number of carbonyl (C=O) groups excluding carboxylic acids is 3. The van der Waals surface area contributed by atoms with Gasteiger partial charge in [-0.25, -0.2) is 0 Å². The molecule has 5 rings (SSSR count). The number of ether oxygens (including phenoxy) is 1. The van der Waals surface area contributed by atoms with Crippen molar-refractivity contribution in [2.75, 3.05) is 39.9 Å². The Kier molecular flexibility index (Phi) is 8.65. The predicted molar refractivity (Wildman–Crippen MR) is 158 cm³/mol. The fourth-order valence-electron chi connectivity index (χ4n) is 6.43. The molecule has 1 N–H and O–H groups in total. The third kappa shape index (κ3) is 5.22. The summed E-state index contributed by atoms with van der Waals surface area (Å²) < 4.78 is 6.88. The van der Waals surface area contributed by atoms with Crippen molar-refractivity contribution in [1.82, 2.24) is 24.9 Å². The molecule has 1 aromatic carbocycles. The van der Waals surface area contributed by atoms with Crippen LogP contribution in [-0.2, 0) is 21.4 Å². The Bertz CT molecular complexity index is 1460. The summed E-state index contributed by atoms with van der Waals surface area (Å²) in [7, 11) is 3.19. The van der Waals surface area contributed by atoms with E-state index in [1.807, 2.05) is 56.5 Å². The molecule has 0 radical (unpaired) electrons. The molecule has 2 aliphatic heterocycles. The van der Waals surface area contributed by atoms with E-state index in [0.29, 0.717) is 48.2 Å². The Hall–Kier alpha value is -3.05. The van der Waals surface area contributed by atoms with Crippen molar-refractivity contribution in [3.63, 3.8) is 0 Å². The molecule has 3 aromatic rings. The van der Waals surface area contributed by atoms with Crippen LogP contribution in [-0.4, -0.2) is 83.1 Å². The third-order valence-electron chi connectivity index (χ3n) is 8.31. The maximum absolute atomic E-state index is 14.8. The van der Waals surface area contributed by atoms with Crippen molar-refractivity contribution >= 4 is 40.5 Å². The van der Waals surface area contributed by atoms with Crippen LogP contribution in [0.3, 0.4) is 0 Å². The zero-order valence-corrected chi connectivity index (χ0v) is 25.6. The zero-order chi connectivity index (χ0) is 29.4. The van der Waals surface area contributed by atoms with Gasteiger partial charge in [-0.2, -0.15) is 5.10 Å². The Morgan fingerprint density at radius 1 is 1.10 bits per heavy atom. The number of benzene rings is 1. The van der Waals surface area contributed by atoms with E-state index >= 15 is 0 Å². The lowest BCUT2D eigenvalue weighted by molar-refractivity contribution is -0.148. The average molecular weight is 598 g/mol. The highest BCUT2D eigenvalue weighted by Gasteiger charge is 2.59. The SMILES string of the molecule is COCC(=O)N1C(C(=O)N2CCNCC2)C(c2sccc2C)C(C(=O)c2ccccc2C)C1c1c(C)nn(C)c1Cl. The van der Waals surface area contributed by atoms with Gasteiger partial charge in [0.25, 0.3) is 0 Å². The molecule has 0 saturated carbocycles. The van der Waals surface area contributed by atoms with Crippen LogP contribution in [0.25, 0.3) is 0 Å². The van der Waals surface area contributed by atoms with Crippen LogP contribution in [0.2, 0.25) is 5.15 Å². The third-order valence-corrected chi connectivity index (χ3v) is 9.88. The number of piperazine rings is 1. The first-order valence-corrected chi connectivity index (χ1v) is 15.1. The Morgan fingerprint density at radius 2 is 1.80 bits per heavy atom. The molecule has 4 heterocycles. The molecule has 2 amide bonds. The number of rotatable bonds is 7. The molecule has 9 nitrogen and oxygen atoms in total. The fraction of sp³-hybridized carbons (Fsp3) is 0.467. The Balaban J connectivity index is 1.81. The van der Waals surface area contributed by atoms with E-state index in [1.54, 1.807) is 21.5 Å². The van der Waals surface area contributed by atoms with E-state index in [-0.39, 0.29) is 24.2 Å². The molecular weight excluding hydrogens is 562 g/mol. The summed E-state index contributed by atoms with van der Waals surface area (Å²) in [4.78, 5) is 47.7. The van der Waals surface area contributed by atoms with Crippen molar-refractivity contribution in [1.29, 1.82) is 0 Å². The van der Waals surface area contributed by atoms with Gasteiger partial charge in [-0.3, -0.25) is 19.1 Å². The number of Topliss-reactive ketones (excluding diaryl/α,β-unsaturated/α-hetero) is 1. The number of nitrogens with one attached hydrogen (secondary N) is 1. The minimum atomic E-state index is -0.924. The van der Waals surface area contributed by atoms with Crippen LogP contribution in [0.4, 0.5) is 0 Å². The van der Waals surface area contributed by atoms with Crippen LogP contribution >= 0.6 is 22.9 Å². The van der Waals surface area contributed by atoms with Gasteiger partial charge in [-0.1, -0.05) is 35.9 Å². The molecule has 4 unspecified atom stereocenters. The number of ketones is 1. The van der Waals surface area contributed by atoms with Crippen molar-refractivity contribution in [2.24, 2.45) is 13.0 Å². The minimum Gasteiger partial charge on any atom is -0.375 e. The van der Waals surface area contributed by atoms with Gasteiger partial charge in [0.1, 0.15) is 17.8 Å². The summed E-state index contributed by atoms with van der Waals surface area (Å²) in [5, 5.41) is 10.2. The lowest BCUT2D eigenvalue weighted by Crippen LogP contribution is -2.55. The molecule has 2 saturated heterocycles. The van der Waals surface area contributed by atoms with Gasteiger partial charge in [0.2, 0.25) is 11.8 Å². The molecule has 2 aromatic heterocycles. The highest BCUT2D eigenvalue weighted by atomic mass is 35.5. The normalized spacial score (nSPS) is 22.8. The number of aromatic nitrogens is 2. The summed E-state index contributed by atoms with van der Waals surface area (Å²) in [6, 6.07) is 7.71. The Labute approximate surface area is 249 Å². The van der Waals surface area contributed by atoms with Crippen LogP contribution in [0.15, 0.2) is 35.7 Å². The van der Waals surface area contributed by atoms with Crippen LogP contribution in [0, 0.1) is 26.7 Å². The summed E-state index contributed by atoms with van der Waals surface area (Å²) in [6.07, 6.45) is 0. The number of likely N-dealkylation sites (tertiary alicyclic amines) is 1. The van der Waals surface area contributed by atoms with Crippen molar-refractivity contribution in [2.45, 2.75) is 38.8 Å². The Morgan fingerprint density at radius 3 is 2.39 bits per heavy atom. The topological polar surface area (TPSA) is 96.8 Å². The number of halogens is 1. The van der Waals surface area contributed by atoms with Gasteiger partial charge >= 0.3 is 0 Å². The molecule has 11 heteroatoms. The largest absolute Gasteiger partial charge is 0.375 e. The van der Waals surface area contributed by atoms with Crippen molar-refractivity contribution < 1.29 is 19.1 Å². The van der Waals surface area contributed by atoms with Crippen LogP contribution in [0.1, 0.15) is 49.6 Å². The molecule has 4 atom stereocenters. The second-order valence-corrected chi connectivity index (χ2v) is 12.1. The number of hydrogen-bond donors (Lipinski definition) is 1. The number of methoxy groups -OCH3 is 1. The highest BCUT2D eigenvalue weighted by molar-refractivity contribution is 7.10. The van der Waals surface area contributed by atoms with E-state index in [2.05, 4.69) is 10.4 Å². The fourth-order valence-corrected chi connectivity index (χ4v) is 7.83. The average Bonchev–Trinajstić information content (AvgIpc) is 3.61. The maximum Gasteiger partial charge on any atom is 0.249 e. The highest BCUT2D eigenvalue weighted by Crippen LogP contribution is 2.55. The summed E-state index contributed by atoms with van der Waals surface area (Å²) in [6.45, 7) is 7.85. The van der Waals surface area contributed by atoms with E-state index in [0.717, 1.165) is 16.0 Å². The molecule has 0 aliphatic carbocycles. The minimum absolute atomic E-state index is 0.129.